The maximum atomic E-state index is 5.91. The molecule has 27 heavy (non-hydrogen) atoms. The molecule has 1 aliphatic rings. The van der Waals surface area contributed by atoms with Gasteiger partial charge in [0.15, 0.2) is 5.96 Å². The molecule has 6 heteroatoms. The Bertz CT molecular complexity index is 579. The molecule has 0 aliphatic carbocycles. The fourth-order valence-corrected chi connectivity index (χ4v) is 3.32. The Morgan fingerprint density at radius 3 is 2.89 bits per heavy atom. The molecule has 1 atom stereocenters. The number of nitrogens with zero attached hydrogens (tertiary/aromatic N) is 3. The number of piperidine rings is 1. The van der Waals surface area contributed by atoms with Crippen molar-refractivity contribution >= 4 is 5.96 Å². The van der Waals surface area contributed by atoms with Gasteiger partial charge in [0.1, 0.15) is 12.4 Å². The van der Waals surface area contributed by atoms with Gasteiger partial charge in [-0.2, -0.15) is 0 Å². The summed E-state index contributed by atoms with van der Waals surface area (Å²) >= 11 is 0. The molecule has 6 nitrogen and oxygen atoms in total. The lowest BCUT2D eigenvalue weighted by Gasteiger charge is -2.33. The van der Waals surface area contributed by atoms with Crippen LogP contribution in [0.3, 0.4) is 0 Å². The quantitative estimate of drug-likeness (QED) is 0.530. The SMILES string of the molecule is CN=C(NCc1cccc(OCCN(C)CCOC)c1)N1CCCC(C)C1. The molecule has 1 unspecified atom stereocenters. The van der Waals surface area contributed by atoms with Crippen LogP contribution in [0.2, 0.25) is 0 Å². The second kappa shape index (κ2) is 11.8. The maximum absolute atomic E-state index is 5.91. The van der Waals surface area contributed by atoms with Gasteiger partial charge < -0.3 is 24.6 Å². The van der Waals surface area contributed by atoms with E-state index in [1.807, 2.05) is 19.2 Å². The number of likely N-dealkylation sites (N-methyl/N-ethyl adjacent to an activating group) is 1. The summed E-state index contributed by atoms with van der Waals surface area (Å²) in [4.78, 5) is 9.03. The number of benzene rings is 1. The van der Waals surface area contributed by atoms with Crippen LogP contribution in [-0.4, -0.2) is 76.4 Å². The summed E-state index contributed by atoms with van der Waals surface area (Å²) in [6.45, 7) is 8.45. The average Bonchev–Trinajstić information content (AvgIpc) is 2.67. The Morgan fingerprint density at radius 2 is 2.15 bits per heavy atom. The monoisotopic (exact) mass is 376 g/mol. The van der Waals surface area contributed by atoms with Gasteiger partial charge in [0.25, 0.3) is 0 Å². The van der Waals surface area contributed by atoms with Crippen LogP contribution >= 0.6 is 0 Å². The first kappa shape index (κ1) is 21.5. The molecular formula is C21H36N4O2. The molecule has 1 fully saturated rings. The van der Waals surface area contributed by atoms with Crippen molar-refractivity contribution < 1.29 is 9.47 Å². The van der Waals surface area contributed by atoms with E-state index in [2.05, 4.69) is 46.2 Å². The number of methoxy groups -OCH3 is 1. The predicted molar refractivity (Wildman–Crippen MR) is 111 cm³/mol. The van der Waals surface area contributed by atoms with Gasteiger partial charge in [-0.1, -0.05) is 19.1 Å². The number of hydrogen-bond acceptors (Lipinski definition) is 4. The molecule has 0 aromatic heterocycles. The lowest BCUT2D eigenvalue weighted by atomic mass is 10.0. The van der Waals surface area contributed by atoms with Crippen molar-refractivity contribution in [3.63, 3.8) is 0 Å². The summed E-state index contributed by atoms with van der Waals surface area (Å²) in [6.07, 6.45) is 2.55. The smallest absolute Gasteiger partial charge is 0.193 e. The van der Waals surface area contributed by atoms with Gasteiger partial charge in [0.2, 0.25) is 0 Å². The highest BCUT2D eigenvalue weighted by Gasteiger charge is 2.18. The highest BCUT2D eigenvalue weighted by molar-refractivity contribution is 5.80. The summed E-state index contributed by atoms with van der Waals surface area (Å²) in [6, 6.07) is 8.29. The van der Waals surface area contributed by atoms with Crippen molar-refractivity contribution in [2.75, 3.05) is 60.6 Å². The lowest BCUT2D eigenvalue weighted by molar-refractivity contribution is 0.150. The van der Waals surface area contributed by atoms with Crippen molar-refractivity contribution in [1.29, 1.82) is 0 Å². The Hall–Kier alpha value is -1.79. The van der Waals surface area contributed by atoms with Crippen LogP contribution in [0, 0.1) is 5.92 Å². The topological polar surface area (TPSA) is 49.3 Å². The lowest BCUT2D eigenvalue weighted by Crippen LogP contribution is -2.45. The van der Waals surface area contributed by atoms with E-state index in [1.165, 1.54) is 18.4 Å². The first-order chi connectivity index (χ1) is 13.1. The zero-order valence-electron chi connectivity index (χ0n) is 17.4. The zero-order chi connectivity index (χ0) is 19.5. The first-order valence-corrected chi connectivity index (χ1v) is 9.97. The number of ether oxygens (including phenoxy) is 2. The van der Waals surface area contributed by atoms with Gasteiger partial charge >= 0.3 is 0 Å². The summed E-state index contributed by atoms with van der Waals surface area (Å²) in [7, 11) is 5.67. The van der Waals surface area contributed by atoms with Crippen molar-refractivity contribution in [3.8, 4) is 5.75 Å². The fourth-order valence-electron chi connectivity index (χ4n) is 3.32. The van der Waals surface area contributed by atoms with E-state index in [-0.39, 0.29) is 0 Å². The molecule has 0 spiro atoms. The number of nitrogens with one attached hydrogen (secondary N) is 1. The van der Waals surface area contributed by atoms with Crippen LogP contribution in [0.5, 0.6) is 5.75 Å². The van der Waals surface area contributed by atoms with E-state index < -0.39 is 0 Å². The second-order valence-corrected chi connectivity index (χ2v) is 7.39. The average molecular weight is 377 g/mol. The van der Waals surface area contributed by atoms with E-state index in [0.717, 1.165) is 57.0 Å². The summed E-state index contributed by atoms with van der Waals surface area (Å²) in [5, 5.41) is 3.50. The summed E-state index contributed by atoms with van der Waals surface area (Å²) in [5.74, 6) is 2.64. The molecule has 1 N–H and O–H groups in total. The fraction of sp³-hybridized carbons (Fsp3) is 0.667. The van der Waals surface area contributed by atoms with Gasteiger partial charge in [-0.3, -0.25) is 4.99 Å². The zero-order valence-corrected chi connectivity index (χ0v) is 17.4. The highest BCUT2D eigenvalue weighted by atomic mass is 16.5. The molecule has 0 bridgehead atoms. The molecular weight excluding hydrogens is 340 g/mol. The minimum absolute atomic E-state index is 0.671. The Labute approximate surface area is 164 Å². The van der Waals surface area contributed by atoms with Gasteiger partial charge in [-0.15, -0.1) is 0 Å². The van der Waals surface area contributed by atoms with Crippen molar-refractivity contribution in [2.24, 2.45) is 10.9 Å². The van der Waals surface area contributed by atoms with Gasteiger partial charge in [-0.05, 0) is 43.5 Å². The standard InChI is InChI=1S/C21H36N4O2/c1-18-7-6-10-25(17-18)21(22-2)23-16-19-8-5-9-20(15-19)27-14-12-24(3)11-13-26-4/h5,8-9,15,18H,6-7,10-14,16-17H2,1-4H3,(H,22,23). The molecule has 1 aromatic rings. The maximum Gasteiger partial charge on any atom is 0.193 e. The van der Waals surface area contributed by atoms with Gasteiger partial charge in [0, 0.05) is 46.9 Å². The highest BCUT2D eigenvalue weighted by Crippen LogP contribution is 2.16. The summed E-state index contributed by atoms with van der Waals surface area (Å²) < 4.78 is 11.0. The normalized spacial score (nSPS) is 18.0. The molecule has 0 amide bonds. The Kier molecular flexibility index (Phi) is 9.42. The molecule has 1 aromatic carbocycles. The number of likely N-dealkylation sites (tertiary alicyclic amines) is 1. The number of aliphatic imine (C=N–C) groups is 1. The van der Waals surface area contributed by atoms with Crippen molar-refractivity contribution in [3.05, 3.63) is 29.8 Å². The second-order valence-electron chi connectivity index (χ2n) is 7.39. The van der Waals surface area contributed by atoms with Crippen molar-refractivity contribution in [1.82, 2.24) is 15.1 Å². The van der Waals surface area contributed by atoms with Crippen LogP contribution in [0.4, 0.5) is 0 Å². The van der Waals surface area contributed by atoms with Crippen LogP contribution in [0.15, 0.2) is 29.3 Å². The molecule has 0 radical (unpaired) electrons. The van der Waals surface area contributed by atoms with Crippen LogP contribution in [-0.2, 0) is 11.3 Å². The summed E-state index contributed by atoms with van der Waals surface area (Å²) in [5.41, 5.74) is 1.20. The molecule has 1 aliphatic heterocycles. The van der Waals surface area contributed by atoms with Gasteiger partial charge in [0.05, 0.1) is 6.61 Å². The third kappa shape index (κ3) is 7.77. The van der Waals surface area contributed by atoms with Crippen LogP contribution < -0.4 is 10.1 Å². The van der Waals surface area contributed by atoms with Crippen LogP contribution in [0.1, 0.15) is 25.3 Å². The molecule has 1 heterocycles. The molecule has 152 valence electrons. The van der Waals surface area contributed by atoms with E-state index >= 15 is 0 Å². The third-order valence-corrected chi connectivity index (χ3v) is 4.94. The van der Waals surface area contributed by atoms with E-state index in [9.17, 15) is 0 Å². The largest absolute Gasteiger partial charge is 0.492 e. The number of rotatable bonds is 9. The van der Waals surface area contributed by atoms with Crippen molar-refractivity contribution in [2.45, 2.75) is 26.3 Å². The van der Waals surface area contributed by atoms with E-state index in [1.54, 1.807) is 7.11 Å². The number of guanidine groups is 1. The van der Waals surface area contributed by atoms with Crippen LogP contribution in [0.25, 0.3) is 0 Å². The minimum Gasteiger partial charge on any atom is -0.492 e. The third-order valence-electron chi connectivity index (χ3n) is 4.94. The van der Waals surface area contributed by atoms with E-state index in [4.69, 9.17) is 9.47 Å². The molecule has 2 rings (SSSR count). The predicted octanol–water partition coefficient (Wildman–Crippen LogP) is 2.45. The molecule has 1 saturated heterocycles. The first-order valence-electron chi connectivity index (χ1n) is 9.97. The minimum atomic E-state index is 0.671. The Morgan fingerprint density at radius 1 is 1.33 bits per heavy atom. The molecule has 0 saturated carbocycles. The Balaban J connectivity index is 1.79. The van der Waals surface area contributed by atoms with E-state index in [0.29, 0.717) is 6.61 Å². The van der Waals surface area contributed by atoms with Gasteiger partial charge in [-0.25, -0.2) is 0 Å². The number of hydrogen-bond donors (Lipinski definition) is 1.